The smallest absolute Gasteiger partial charge is 0.251 e. The summed E-state index contributed by atoms with van der Waals surface area (Å²) in [5, 5.41) is 2.76. The van der Waals surface area contributed by atoms with Gasteiger partial charge in [-0.1, -0.05) is 45.0 Å². The normalized spacial score (nSPS) is 16.6. The zero-order valence-corrected chi connectivity index (χ0v) is 17.7. The monoisotopic (exact) mass is 394 g/mol. The Bertz CT molecular complexity index is 851. The molecule has 1 saturated heterocycles. The first kappa shape index (κ1) is 20.9. The van der Waals surface area contributed by atoms with E-state index in [0.717, 1.165) is 12.2 Å². The van der Waals surface area contributed by atoms with E-state index >= 15 is 0 Å². The van der Waals surface area contributed by atoms with Gasteiger partial charge in [0.2, 0.25) is 5.91 Å². The molecule has 1 aliphatic heterocycles. The second-order valence-electron chi connectivity index (χ2n) is 8.61. The van der Waals surface area contributed by atoms with Gasteiger partial charge in [-0.15, -0.1) is 0 Å². The van der Waals surface area contributed by atoms with Crippen LogP contribution in [0.3, 0.4) is 0 Å². The van der Waals surface area contributed by atoms with Crippen molar-refractivity contribution >= 4 is 11.8 Å². The van der Waals surface area contributed by atoms with Crippen molar-refractivity contribution in [2.45, 2.75) is 38.5 Å². The fourth-order valence-electron chi connectivity index (χ4n) is 3.63. The Morgan fingerprint density at radius 3 is 2.31 bits per heavy atom. The standard InChI is InChI=1S/C24H30N2O3/c1-24(2,3)20-9-5-18(6-10-20)23(28)25-15-22(27)26-14-13-19(16-26)17-7-11-21(29-4)12-8-17/h5-12,19H,13-16H2,1-4H3,(H,25,28). The minimum atomic E-state index is -0.218. The van der Waals surface area contributed by atoms with E-state index in [4.69, 9.17) is 4.74 Å². The molecule has 1 atom stereocenters. The molecule has 0 bridgehead atoms. The van der Waals surface area contributed by atoms with Crippen LogP contribution in [-0.4, -0.2) is 43.5 Å². The Morgan fingerprint density at radius 2 is 1.72 bits per heavy atom. The lowest BCUT2D eigenvalue weighted by atomic mass is 9.87. The van der Waals surface area contributed by atoms with Gasteiger partial charge in [0.25, 0.3) is 5.91 Å². The van der Waals surface area contributed by atoms with Crippen LogP contribution < -0.4 is 10.1 Å². The summed E-state index contributed by atoms with van der Waals surface area (Å²) < 4.78 is 5.20. The van der Waals surface area contributed by atoms with Crippen LogP contribution in [0.4, 0.5) is 0 Å². The summed E-state index contributed by atoms with van der Waals surface area (Å²) in [6, 6.07) is 15.6. The highest BCUT2D eigenvalue weighted by Crippen LogP contribution is 2.28. The van der Waals surface area contributed by atoms with Crippen molar-refractivity contribution in [2.24, 2.45) is 0 Å². The molecule has 5 heteroatoms. The number of likely N-dealkylation sites (tertiary alicyclic amines) is 1. The lowest BCUT2D eigenvalue weighted by Gasteiger charge is -2.19. The predicted octanol–water partition coefficient (Wildman–Crippen LogP) is 3.74. The number of nitrogens with one attached hydrogen (secondary N) is 1. The lowest BCUT2D eigenvalue weighted by Crippen LogP contribution is -2.39. The SMILES string of the molecule is COc1ccc(C2CCN(C(=O)CNC(=O)c3ccc(C(C)(C)C)cc3)C2)cc1. The second-order valence-corrected chi connectivity index (χ2v) is 8.61. The average molecular weight is 395 g/mol. The molecule has 2 amide bonds. The van der Waals surface area contributed by atoms with Crippen LogP contribution in [-0.2, 0) is 10.2 Å². The Kier molecular flexibility index (Phi) is 6.26. The third kappa shape index (κ3) is 5.17. The molecule has 1 aliphatic rings. The molecule has 0 radical (unpaired) electrons. The van der Waals surface area contributed by atoms with Crippen molar-refractivity contribution in [3.05, 3.63) is 65.2 Å². The average Bonchev–Trinajstić information content (AvgIpc) is 3.21. The molecule has 1 N–H and O–H groups in total. The van der Waals surface area contributed by atoms with Crippen LogP contribution in [0.25, 0.3) is 0 Å². The molecule has 2 aromatic rings. The van der Waals surface area contributed by atoms with Crippen LogP contribution in [0.5, 0.6) is 5.75 Å². The van der Waals surface area contributed by atoms with Crippen LogP contribution in [0.1, 0.15) is 54.6 Å². The number of carbonyl (C=O) groups excluding carboxylic acids is 2. The van der Waals surface area contributed by atoms with Gasteiger partial charge in [-0.25, -0.2) is 0 Å². The number of amides is 2. The van der Waals surface area contributed by atoms with E-state index in [1.807, 2.05) is 41.3 Å². The summed E-state index contributed by atoms with van der Waals surface area (Å²) >= 11 is 0. The first-order valence-electron chi connectivity index (χ1n) is 10.1. The summed E-state index contributed by atoms with van der Waals surface area (Å²) in [5.41, 5.74) is 3.00. The van der Waals surface area contributed by atoms with E-state index in [-0.39, 0.29) is 23.8 Å². The number of methoxy groups -OCH3 is 1. The first-order chi connectivity index (χ1) is 13.8. The molecule has 0 spiro atoms. The van der Waals surface area contributed by atoms with Crippen LogP contribution in [0.2, 0.25) is 0 Å². The van der Waals surface area contributed by atoms with Crippen molar-refractivity contribution in [1.29, 1.82) is 0 Å². The first-order valence-corrected chi connectivity index (χ1v) is 10.1. The Balaban J connectivity index is 1.51. The third-order valence-electron chi connectivity index (χ3n) is 5.54. The molecule has 2 aromatic carbocycles. The van der Waals surface area contributed by atoms with Crippen LogP contribution in [0.15, 0.2) is 48.5 Å². The molecule has 29 heavy (non-hydrogen) atoms. The van der Waals surface area contributed by atoms with E-state index in [0.29, 0.717) is 24.6 Å². The van der Waals surface area contributed by atoms with Crippen LogP contribution >= 0.6 is 0 Å². The van der Waals surface area contributed by atoms with Crippen molar-refractivity contribution in [2.75, 3.05) is 26.7 Å². The van der Waals surface area contributed by atoms with E-state index in [1.54, 1.807) is 7.11 Å². The molecule has 3 rings (SSSR count). The van der Waals surface area contributed by atoms with Crippen molar-refractivity contribution in [1.82, 2.24) is 10.2 Å². The molecule has 0 aromatic heterocycles. The number of ether oxygens (including phenoxy) is 1. The number of carbonyl (C=O) groups is 2. The fraction of sp³-hybridized carbons (Fsp3) is 0.417. The van der Waals surface area contributed by atoms with E-state index in [9.17, 15) is 9.59 Å². The number of hydrogen-bond donors (Lipinski definition) is 1. The molecule has 1 unspecified atom stereocenters. The van der Waals surface area contributed by atoms with Crippen molar-refractivity contribution in [3.8, 4) is 5.75 Å². The van der Waals surface area contributed by atoms with Gasteiger partial charge in [-0.3, -0.25) is 9.59 Å². The highest BCUT2D eigenvalue weighted by atomic mass is 16.5. The van der Waals surface area contributed by atoms with Gasteiger partial charge in [0.1, 0.15) is 5.75 Å². The molecular formula is C24H30N2O3. The largest absolute Gasteiger partial charge is 0.497 e. The molecule has 0 saturated carbocycles. The maximum atomic E-state index is 12.5. The van der Waals surface area contributed by atoms with Crippen LogP contribution in [0, 0.1) is 0 Å². The van der Waals surface area contributed by atoms with Gasteiger partial charge in [0.15, 0.2) is 0 Å². The maximum Gasteiger partial charge on any atom is 0.251 e. The lowest BCUT2D eigenvalue weighted by molar-refractivity contribution is -0.129. The highest BCUT2D eigenvalue weighted by Gasteiger charge is 2.27. The number of rotatable bonds is 5. The van der Waals surface area contributed by atoms with E-state index < -0.39 is 0 Å². The summed E-state index contributed by atoms with van der Waals surface area (Å²) in [5.74, 6) is 0.897. The van der Waals surface area contributed by atoms with Crippen molar-refractivity contribution < 1.29 is 14.3 Å². The Labute approximate surface area is 173 Å². The molecule has 1 fully saturated rings. The van der Waals surface area contributed by atoms with Gasteiger partial charge >= 0.3 is 0 Å². The quantitative estimate of drug-likeness (QED) is 0.840. The molecule has 0 aliphatic carbocycles. The van der Waals surface area contributed by atoms with E-state index in [2.05, 4.69) is 38.2 Å². The molecule has 1 heterocycles. The Morgan fingerprint density at radius 1 is 1.07 bits per heavy atom. The van der Waals surface area contributed by atoms with Crippen molar-refractivity contribution in [3.63, 3.8) is 0 Å². The molecule has 154 valence electrons. The zero-order valence-electron chi connectivity index (χ0n) is 17.7. The van der Waals surface area contributed by atoms with E-state index in [1.165, 1.54) is 11.1 Å². The van der Waals surface area contributed by atoms with Gasteiger partial charge in [0, 0.05) is 24.6 Å². The second kappa shape index (κ2) is 8.68. The zero-order chi connectivity index (χ0) is 21.0. The number of benzene rings is 2. The fourth-order valence-corrected chi connectivity index (χ4v) is 3.63. The summed E-state index contributed by atoms with van der Waals surface area (Å²) in [4.78, 5) is 26.7. The number of hydrogen-bond acceptors (Lipinski definition) is 3. The summed E-state index contributed by atoms with van der Waals surface area (Å²) in [6.45, 7) is 7.82. The minimum absolute atomic E-state index is 0.0230. The third-order valence-corrected chi connectivity index (χ3v) is 5.54. The molecular weight excluding hydrogens is 364 g/mol. The summed E-state index contributed by atoms with van der Waals surface area (Å²) in [6.07, 6.45) is 0.931. The topological polar surface area (TPSA) is 58.6 Å². The van der Waals surface area contributed by atoms with Gasteiger partial charge in [-0.2, -0.15) is 0 Å². The minimum Gasteiger partial charge on any atom is -0.497 e. The highest BCUT2D eigenvalue weighted by molar-refractivity contribution is 5.96. The Hall–Kier alpha value is -2.82. The molecule has 5 nitrogen and oxygen atoms in total. The maximum absolute atomic E-state index is 12.5. The van der Waals surface area contributed by atoms with Gasteiger partial charge in [-0.05, 0) is 47.2 Å². The van der Waals surface area contributed by atoms with Gasteiger partial charge < -0.3 is 15.0 Å². The predicted molar refractivity (Wildman–Crippen MR) is 114 cm³/mol. The number of nitrogens with zero attached hydrogens (tertiary/aromatic N) is 1. The summed E-state index contributed by atoms with van der Waals surface area (Å²) in [7, 11) is 1.65. The van der Waals surface area contributed by atoms with Gasteiger partial charge in [0.05, 0.1) is 13.7 Å².